The number of likely N-dealkylation sites (tertiary alicyclic amines) is 1. The smallest absolute Gasteiger partial charge is 0.233 e. The van der Waals surface area contributed by atoms with Crippen molar-refractivity contribution in [1.29, 1.82) is 0 Å². The number of nitrogens with zero attached hydrogens (tertiary/aromatic N) is 5. The molecule has 2 heterocycles. The summed E-state index contributed by atoms with van der Waals surface area (Å²) in [5.74, 6) is 0.624. The van der Waals surface area contributed by atoms with Gasteiger partial charge in [-0.25, -0.2) is 4.68 Å². The lowest BCUT2D eigenvalue weighted by Crippen LogP contribution is -2.35. The van der Waals surface area contributed by atoms with Gasteiger partial charge in [-0.2, -0.15) is 0 Å². The molecule has 0 aliphatic carbocycles. The number of aromatic nitrogens is 4. The number of carbonyl (C=O) groups excluding carboxylic acids is 1. The monoisotopic (exact) mass is 269 g/mol. The van der Waals surface area contributed by atoms with Gasteiger partial charge in [0.15, 0.2) is 0 Å². The van der Waals surface area contributed by atoms with Crippen molar-refractivity contribution in [3.8, 4) is 0 Å². The Morgan fingerprint density at radius 3 is 2.50 bits per heavy atom. The minimum absolute atomic E-state index is 0.199. The maximum Gasteiger partial charge on any atom is 0.233 e. The molecule has 2 rings (SSSR count). The van der Waals surface area contributed by atoms with Gasteiger partial charge in [0.2, 0.25) is 11.1 Å². The summed E-state index contributed by atoms with van der Waals surface area (Å²) in [5, 5.41) is 11.9. The molecule has 0 radical (unpaired) electrons. The Kier molecular flexibility index (Phi) is 4.98. The maximum atomic E-state index is 12.1. The number of rotatable bonds is 3. The van der Waals surface area contributed by atoms with E-state index in [4.69, 9.17) is 0 Å². The fraction of sp³-hybridized carbons (Fsp3) is 0.818. The molecular weight excluding hydrogens is 250 g/mol. The lowest BCUT2D eigenvalue weighted by molar-refractivity contribution is -0.128. The van der Waals surface area contributed by atoms with Crippen LogP contribution in [0.25, 0.3) is 0 Å². The van der Waals surface area contributed by atoms with Gasteiger partial charge in [0.1, 0.15) is 0 Å². The Hall–Kier alpha value is -1.11. The number of carbonyl (C=O) groups is 1. The number of thioether (sulfide) groups is 1. The lowest BCUT2D eigenvalue weighted by atomic mass is 10.1. The van der Waals surface area contributed by atoms with E-state index in [0.717, 1.165) is 25.9 Å². The third-order valence-electron chi connectivity index (χ3n) is 3.11. The molecule has 0 bridgehead atoms. The van der Waals surface area contributed by atoms with Gasteiger partial charge in [0, 0.05) is 20.1 Å². The Bertz CT molecular complexity index is 387. The minimum Gasteiger partial charge on any atom is -0.342 e. The zero-order valence-electron chi connectivity index (χ0n) is 10.7. The van der Waals surface area contributed by atoms with Gasteiger partial charge in [0.05, 0.1) is 5.75 Å². The number of aryl methyl sites for hydroxylation is 1. The maximum absolute atomic E-state index is 12.1. The lowest BCUT2D eigenvalue weighted by Gasteiger charge is -2.24. The molecule has 1 aliphatic heterocycles. The molecule has 6 nitrogen and oxygen atoms in total. The summed E-state index contributed by atoms with van der Waals surface area (Å²) < 4.78 is 1.59. The Balaban J connectivity index is 1.81. The fourth-order valence-electron chi connectivity index (χ4n) is 2.06. The van der Waals surface area contributed by atoms with E-state index < -0.39 is 0 Å². The summed E-state index contributed by atoms with van der Waals surface area (Å²) in [7, 11) is 1.78. The first-order valence-corrected chi connectivity index (χ1v) is 7.39. The molecule has 7 heteroatoms. The van der Waals surface area contributed by atoms with Crippen LogP contribution in [-0.4, -0.2) is 49.9 Å². The van der Waals surface area contributed by atoms with Gasteiger partial charge >= 0.3 is 0 Å². The van der Waals surface area contributed by atoms with Crippen LogP contribution in [0.15, 0.2) is 5.16 Å². The van der Waals surface area contributed by atoms with Gasteiger partial charge in [-0.1, -0.05) is 31.0 Å². The van der Waals surface area contributed by atoms with Crippen LogP contribution in [0.4, 0.5) is 0 Å². The van der Waals surface area contributed by atoms with E-state index in [-0.39, 0.29) is 5.91 Å². The topological polar surface area (TPSA) is 63.9 Å². The second-order valence-corrected chi connectivity index (χ2v) is 5.46. The van der Waals surface area contributed by atoms with E-state index in [0.29, 0.717) is 10.9 Å². The van der Waals surface area contributed by atoms with E-state index in [1.165, 1.54) is 31.0 Å². The van der Waals surface area contributed by atoms with E-state index in [1.807, 2.05) is 4.90 Å². The van der Waals surface area contributed by atoms with Gasteiger partial charge in [-0.3, -0.25) is 4.79 Å². The standard InChI is InChI=1S/C11H19N5OS/c1-15-11(12-13-14-15)18-9-10(17)16-7-5-3-2-4-6-8-16/h2-9H2,1H3. The van der Waals surface area contributed by atoms with Crippen molar-refractivity contribution in [3.05, 3.63) is 0 Å². The summed E-state index contributed by atoms with van der Waals surface area (Å²) >= 11 is 1.40. The zero-order chi connectivity index (χ0) is 12.8. The fourth-order valence-corrected chi connectivity index (χ4v) is 2.81. The predicted octanol–water partition coefficient (Wildman–Crippen LogP) is 1.09. The highest BCUT2D eigenvalue weighted by Gasteiger charge is 2.16. The molecule has 1 saturated heterocycles. The number of amides is 1. The second kappa shape index (κ2) is 6.72. The third-order valence-corrected chi connectivity index (χ3v) is 4.11. The summed E-state index contributed by atoms with van der Waals surface area (Å²) in [6.07, 6.45) is 6.04. The first-order chi connectivity index (χ1) is 8.77. The van der Waals surface area contributed by atoms with E-state index in [1.54, 1.807) is 11.7 Å². The molecule has 100 valence electrons. The predicted molar refractivity (Wildman–Crippen MR) is 69.2 cm³/mol. The zero-order valence-corrected chi connectivity index (χ0v) is 11.5. The number of hydrogen-bond donors (Lipinski definition) is 0. The molecule has 0 saturated carbocycles. The molecular formula is C11H19N5OS. The molecule has 1 amide bonds. The Morgan fingerprint density at radius 2 is 1.89 bits per heavy atom. The van der Waals surface area contributed by atoms with Crippen LogP contribution in [0.1, 0.15) is 32.1 Å². The van der Waals surface area contributed by atoms with Gasteiger partial charge in [0.25, 0.3) is 0 Å². The van der Waals surface area contributed by atoms with Crippen LogP contribution in [-0.2, 0) is 11.8 Å². The van der Waals surface area contributed by atoms with Crippen molar-refractivity contribution >= 4 is 17.7 Å². The molecule has 1 aromatic heterocycles. The minimum atomic E-state index is 0.199. The Morgan fingerprint density at radius 1 is 1.22 bits per heavy atom. The van der Waals surface area contributed by atoms with Crippen molar-refractivity contribution in [2.75, 3.05) is 18.8 Å². The third kappa shape index (κ3) is 3.69. The van der Waals surface area contributed by atoms with Crippen molar-refractivity contribution < 1.29 is 4.79 Å². The van der Waals surface area contributed by atoms with Gasteiger partial charge in [-0.15, -0.1) is 5.10 Å². The number of tetrazole rings is 1. The van der Waals surface area contributed by atoms with Gasteiger partial charge < -0.3 is 4.90 Å². The average molecular weight is 269 g/mol. The van der Waals surface area contributed by atoms with Crippen LogP contribution in [0, 0.1) is 0 Å². The van der Waals surface area contributed by atoms with Crippen molar-refractivity contribution in [1.82, 2.24) is 25.1 Å². The van der Waals surface area contributed by atoms with E-state index in [9.17, 15) is 4.79 Å². The second-order valence-electron chi connectivity index (χ2n) is 4.52. The van der Waals surface area contributed by atoms with Crippen LogP contribution in [0.5, 0.6) is 0 Å². The van der Waals surface area contributed by atoms with Crippen LogP contribution >= 0.6 is 11.8 Å². The molecule has 0 N–H and O–H groups in total. The van der Waals surface area contributed by atoms with Crippen LogP contribution in [0.3, 0.4) is 0 Å². The largest absolute Gasteiger partial charge is 0.342 e. The van der Waals surface area contributed by atoms with E-state index >= 15 is 0 Å². The van der Waals surface area contributed by atoms with Crippen LogP contribution in [0.2, 0.25) is 0 Å². The van der Waals surface area contributed by atoms with Crippen LogP contribution < -0.4 is 0 Å². The van der Waals surface area contributed by atoms with Crippen molar-refractivity contribution in [3.63, 3.8) is 0 Å². The highest BCUT2D eigenvalue weighted by Crippen LogP contribution is 2.15. The van der Waals surface area contributed by atoms with Gasteiger partial charge in [-0.05, 0) is 23.3 Å². The van der Waals surface area contributed by atoms with Crippen molar-refractivity contribution in [2.24, 2.45) is 7.05 Å². The molecule has 1 aromatic rings. The SMILES string of the molecule is Cn1nnnc1SCC(=O)N1CCCCCCC1. The molecule has 1 aliphatic rings. The molecule has 0 aromatic carbocycles. The summed E-state index contributed by atoms with van der Waals surface area (Å²) in [6, 6.07) is 0. The first-order valence-electron chi connectivity index (χ1n) is 6.40. The quantitative estimate of drug-likeness (QED) is 0.769. The number of hydrogen-bond acceptors (Lipinski definition) is 5. The normalized spacial score (nSPS) is 17.3. The molecule has 0 unspecified atom stereocenters. The van der Waals surface area contributed by atoms with Crippen molar-refractivity contribution in [2.45, 2.75) is 37.3 Å². The highest BCUT2D eigenvalue weighted by atomic mass is 32.2. The summed E-state index contributed by atoms with van der Waals surface area (Å²) in [5.41, 5.74) is 0. The molecule has 0 spiro atoms. The molecule has 18 heavy (non-hydrogen) atoms. The highest BCUT2D eigenvalue weighted by molar-refractivity contribution is 7.99. The first kappa shape index (κ1) is 13.3. The van der Waals surface area contributed by atoms with E-state index in [2.05, 4.69) is 15.5 Å². The molecule has 0 atom stereocenters. The molecule has 1 fully saturated rings. The average Bonchev–Trinajstić information content (AvgIpc) is 2.71. The Labute approximate surface area is 111 Å². The summed E-state index contributed by atoms with van der Waals surface area (Å²) in [4.78, 5) is 14.1. The summed E-state index contributed by atoms with van der Waals surface area (Å²) in [6.45, 7) is 1.80.